The number of hydrogen-bond donors (Lipinski definition) is 1. The average Bonchev–Trinajstić information content (AvgIpc) is 3.04. The summed E-state index contributed by atoms with van der Waals surface area (Å²) in [6.45, 7) is 3.27. The van der Waals surface area contributed by atoms with Gasteiger partial charge < -0.3 is 9.73 Å². The molecule has 1 aromatic carbocycles. The molecule has 0 bridgehead atoms. The van der Waals surface area contributed by atoms with E-state index >= 15 is 0 Å². The molecule has 2 heterocycles. The molecule has 1 N–H and O–H groups in total. The summed E-state index contributed by atoms with van der Waals surface area (Å²) in [4.78, 5) is 16.6. The third-order valence-electron chi connectivity index (χ3n) is 3.50. The lowest BCUT2D eigenvalue weighted by atomic mass is 10.2. The Morgan fingerprint density at radius 2 is 2.14 bits per heavy atom. The Balaban J connectivity index is 1.68. The molecular formula is C16H17N3O2. The smallest absolute Gasteiger partial charge is 0.261 e. The van der Waals surface area contributed by atoms with Gasteiger partial charge in [-0.1, -0.05) is 12.1 Å². The first-order valence-corrected chi connectivity index (χ1v) is 6.96. The number of nitrogens with one attached hydrogen (secondary N) is 1. The van der Waals surface area contributed by atoms with E-state index in [1.54, 1.807) is 23.2 Å². The van der Waals surface area contributed by atoms with Gasteiger partial charge in [0.05, 0.1) is 29.5 Å². The third kappa shape index (κ3) is 2.87. The molecule has 0 saturated heterocycles. The Kier molecular flexibility index (Phi) is 3.83. The fourth-order valence-corrected chi connectivity index (χ4v) is 2.31. The Bertz CT molecular complexity index is 778. The van der Waals surface area contributed by atoms with Crippen LogP contribution in [0.5, 0.6) is 0 Å². The van der Waals surface area contributed by atoms with Gasteiger partial charge in [-0.15, -0.1) is 0 Å². The average molecular weight is 283 g/mol. The summed E-state index contributed by atoms with van der Waals surface area (Å²) >= 11 is 0. The molecule has 0 aliphatic heterocycles. The summed E-state index contributed by atoms with van der Waals surface area (Å²) < 4.78 is 6.97. The predicted octanol–water partition coefficient (Wildman–Crippen LogP) is 2.34. The van der Waals surface area contributed by atoms with Crippen molar-refractivity contribution in [2.75, 3.05) is 6.54 Å². The second kappa shape index (κ2) is 5.93. The van der Waals surface area contributed by atoms with Crippen LogP contribution < -0.4 is 10.9 Å². The van der Waals surface area contributed by atoms with Gasteiger partial charge in [0.2, 0.25) is 0 Å². The van der Waals surface area contributed by atoms with E-state index in [0.29, 0.717) is 18.5 Å². The minimum atomic E-state index is -0.00643. The molecule has 0 fully saturated rings. The van der Waals surface area contributed by atoms with E-state index in [1.165, 1.54) is 0 Å². The van der Waals surface area contributed by atoms with Crippen molar-refractivity contribution in [2.24, 2.45) is 0 Å². The summed E-state index contributed by atoms with van der Waals surface area (Å²) in [7, 11) is 0. The highest BCUT2D eigenvalue weighted by Gasteiger charge is 2.07. The molecule has 108 valence electrons. The van der Waals surface area contributed by atoms with Crippen LogP contribution in [-0.2, 0) is 6.54 Å². The van der Waals surface area contributed by atoms with Crippen molar-refractivity contribution in [3.05, 3.63) is 65.1 Å². The molecule has 1 atom stereocenters. The van der Waals surface area contributed by atoms with Crippen LogP contribution in [-0.4, -0.2) is 16.1 Å². The van der Waals surface area contributed by atoms with Crippen molar-refractivity contribution in [1.29, 1.82) is 0 Å². The molecule has 2 aromatic heterocycles. The van der Waals surface area contributed by atoms with Gasteiger partial charge in [0.25, 0.3) is 5.56 Å². The summed E-state index contributed by atoms with van der Waals surface area (Å²) in [5, 5.41) is 3.98. The fraction of sp³-hybridized carbons (Fsp3) is 0.250. The molecule has 5 nitrogen and oxygen atoms in total. The highest BCUT2D eigenvalue weighted by molar-refractivity contribution is 5.76. The first-order valence-electron chi connectivity index (χ1n) is 6.96. The first kappa shape index (κ1) is 13.6. The number of aromatic nitrogens is 2. The number of fused-ring (bicyclic) bond motifs is 1. The lowest BCUT2D eigenvalue weighted by Crippen LogP contribution is -2.28. The molecule has 0 radical (unpaired) electrons. The van der Waals surface area contributed by atoms with E-state index in [4.69, 9.17) is 4.42 Å². The number of hydrogen-bond acceptors (Lipinski definition) is 4. The Morgan fingerprint density at radius 3 is 2.95 bits per heavy atom. The van der Waals surface area contributed by atoms with Crippen molar-refractivity contribution >= 4 is 10.9 Å². The molecule has 0 aliphatic rings. The highest BCUT2D eigenvalue weighted by Crippen LogP contribution is 2.11. The van der Waals surface area contributed by atoms with Gasteiger partial charge in [0.1, 0.15) is 5.76 Å². The maximum Gasteiger partial charge on any atom is 0.261 e. The summed E-state index contributed by atoms with van der Waals surface area (Å²) in [6, 6.07) is 11.3. The van der Waals surface area contributed by atoms with Crippen molar-refractivity contribution in [3.8, 4) is 0 Å². The van der Waals surface area contributed by atoms with Crippen LogP contribution in [0.3, 0.4) is 0 Å². The quantitative estimate of drug-likeness (QED) is 0.780. The molecule has 0 saturated carbocycles. The Labute approximate surface area is 122 Å². The molecule has 3 rings (SSSR count). The third-order valence-corrected chi connectivity index (χ3v) is 3.50. The number of furan rings is 1. The van der Waals surface area contributed by atoms with Gasteiger partial charge >= 0.3 is 0 Å². The molecule has 0 spiro atoms. The minimum Gasteiger partial charge on any atom is -0.468 e. The second-order valence-corrected chi connectivity index (χ2v) is 4.95. The SMILES string of the molecule is CC(NCCn1cnc2ccccc2c1=O)c1ccco1. The zero-order valence-electron chi connectivity index (χ0n) is 11.8. The summed E-state index contributed by atoms with van der Waals surface area (Å²) in [6.07, 6.45) is 3.26. The molecule has 3 aromatic rings. The number of benzene rings is 1. The topological polar surface area (TPSA) is 60.1 Å². The number of para-hydroxylation sites is 1. The fourth-order valence-electron chi connectivity index (χ4n) is 2.31. The van der Waals surface area contributed by atoms with Gasteiger partial charge in [-0.25, -0.2) is 4.98 Å². The maximum atomic E-state index is 12.3. The molecule has 0 amide bonds. The lowest BCUT2D eigenvalue weighted by molar-refractivity contribution is 0.422. The van der Waals surface area contributed by atoms with Crippen LogP contribution in [0.2, 0.25) is 0 Å². The van der Waals surface area contributed by atoms with Crippen LogP contribution in [0.15, 0.2) is 58.2 Å². The molecule has 21 heavy (non-hydrogen) atoms. The predicted molar refractivity (Wildman–Crippen MR) is 81.1 cm³/mol. The first-order chi connectivity index (χ1) is 10.3. The zero-order valence-corrected chi connectivity index (χ0v) is 11.8. The second-order valence-electron chi connectivity index (χ2n) is 4.95. The molecule has 1 unspecified atom stereocenters. The summed E-state index contributed by atoms with van der Waals surface area (Å²) in [5.74, 6) is 0.888. The van der Waals surface area contributed by atoms with Gasteiger partial charge in [-0.05, 0) is 31.2 Å². The van der Waals surface area contributed by atoms with Gasteiger partial charge in [0, 0.05) is 13.1 Å². The van der Waals surface area contributed by atoms with Crippen molar-refractivity contribution < 1.29 is 4.42 Å². The van der Waals surface area contributed by atoms with Crippen LogP contribution in [0.1, 0.15) is 18.7 Å². The lowest BCUT2D eigenvalue weighted by Gasteiger charge is -2.12. The van der Waals surface area contributed by atoms with Crippen molar-refractivity contribution in [2.45, 2.75) is 19.5 Å². The van der Waals surface area contributed by atoms with Crippen molar-refractivity contribution in [1.82, 2.24) is 14.9 Å². The maximum absolute atomic E-state index is 12.3. The number of rotatable bonds is 5. The van der Waals surface area contributed by atoms with Crippen LogP contribution >= 0.6 is 0 Å². The van der Waals surface area contributed by atoms with Crippen LogP contribution in [0, 0.1) is 0 Å². The minimum absolute atomic E-state index is 0.00643. The van der Waals surface area contributed by atoms with E-state index < -0.39 is 0 Å². The van der Waals surface area contributed by atoms with Gasteiger partial charge in [0.15, 0.2) is 0 Å². The van der Waals surface area contributed by atoms with E-state index in [-0.39, 0.29) is 11.6 Å². The Hall–Kier alpha value is -2.40. The molecular weight excluding hydrogens is 266 g/mol. The van der Waals surface area contributed by atoms with Gasteiger partial charge in [-0.2, -0.15) is 0 Å². The standard InChI is InChI=1S/C16H17N3O2/c1-12(15-7-4-10-21-15)17-8-9-19-11-18-14-6-3-2-5-13(14)16(19)20/h2-7,10-12,17H,8-9H2,1H3. The summed E-state index contributed by atoms with van der Waals surface area (Å²) in [5.41, 5.74) is 0.726. The van der Waals surface area contributed by atoms with Gasteiger partial charge in [-0.3, -0.25) is 9.36 Å². The van der Waals surface area contributed by atoms with Crippen LogP contribution in [0.4, 0.5) is 0 Å². The largest absolute Gasteiger partial charge is 0.468 e. The van der Waals surface area contributed by atoms with E-state index in [0.717, 1.165) is 11.3 Å². The van der Waals surface area contributed by atoms with E-state index in [9.17, 15) is 4.79 Å². The highest BCUT2D eigenvalue weighted by atomic mass is 16.3. The van der Waals surface area contributed by atoms with E-state index in [1.807, 2.05) is 37.3 Å². The zero-order chi connectivity index (χ0) is 14.7. The van der Waals surface area contributed by atoms with Crippen molar-refractivity contribution in [3.63, 3.8) is 0 Å². The molecule has 5 heteroatoms. The monoisotopic (exact) mass is 283 g/mol. The number of nitrogens with zero attached hydrogens (tertiary/aromatic N) is 2. The Morgan fingerprint density at radius 1 is 1.29 bits per heavy atom. The van der Waals surface area contributed by atoms with Crippen LogP contribution in [0.25, 0.3) is 10.9 Å². The van der Waals surface area contributed by atoms with E-state index in [2.05, 4.69) is 10.3 Å². The normalized spacial score (nSPS) is 12.6. The molecule has 0 aliphatic carbocycles.